The molecule has 4 N–H and O–H groups in total. The third-order valence-corrected chi connectivity index (χ3v) is 9.15. The molecular weight excluding hydrogens is 510 g/mol. The van der Waals surface area contributed by atoms with Gasteiger partial charge in [-0.3, -0.25) is 24.0 Å². The lowest BCUT2D eigenvalue weighted by molar-refractivity contribution is -0.142. The fraction of sp³-hybridized carbons (Fsp3) is 0.500. The second kappa shape index (κ2) is 10.2. The zero-order valence-electron chi connectivity index (χ0n) is 23.4. The highest BCUT2D eigenvalue weighted by Gasteiger charge is 2.69. The Labute approximate surface area is 233 Å². The van der Waals surface area contributed by atoms with Crippen LogP contribution in [-0.4, -0.2) is 70.5 Å². The smallest absolute Gasteiger partial charge is 0.268 e. The SMILES string of the molecule is C=CC(=O)[C@H](C[C@@H]1CCNC1=O)NC(=O)[C@@H]1[C@@H]2[C@H](CN1C(=O)[C@H](C)NC(=O)c1cc3c(C)cccc3[nH]1)C2(C)C. The predicted molar refractivity (Wildman–Crippen MR) is 149 cm³/mol. The van der Waals surface area contributed by atoms with Crippen molar-refractivity contribution in [2.24, 2.45) is 23.2 Å². The largest absolute Gasteiger partial charge is 0.356 e. The molecule has 40 heavy (non-hydrogen) atoms. The molecular formula is C30H37N5O5. The summed E-state index contributed by atoms with van der Waals surface area (Å²) in [6.45, 7) is 12.2. The summed E-state index contributed by atoms with van der Waals surface area (Å²) in [7, 11) is 0. The first kappa shape index (κ1) is 27.6. The molecule has 0 unspecified atom stereocenters. The van der Waals surface area contributed by atoms with E-state index in [0.29, 0.717) is 25.2 Å². The van der Waals surface area contributed by atoms with Crippen LogP contribution in [0.1, 0.15) is 49.7 Å². The maximum atomic E-state index is 13.7. The van der Waals surface area contributed by atoms with E-state index in [0.717, 1.165) is 22.5 Å². The Kier molecular flexibility index (Phi) is 7.06. The Hall–Kier alpha value is -3.95. The Balaban J connectivity index is 1.30. The van der Waals surface area contributed by atoms with Gasteiger partial charge in [0.2, 0.25) is 17.7 Å². The number of aryl methyl sites for hydroxylation is 1. The van der Waals surface area contributed by atoms with Crippen molar-refractivity contribution in [2.75, 3.05) is 13.1 Å². The first-order valence-electron chi connectivity index (χ1n) is 13.9. The number of nitrogens with one attached hydrogen (secondary N) is 4. The number of hydrogen-bond donors (Lipinski definition) is 4. The van der Waals surface area contributed by atoms with Crippen LogP contribution in [0.15, 0.2) is 36.9 Å². The van der Waals surface area contributed by atoms with Crippen LogP contribution in [0.2, 0.25) is 0 Å². The topological polar surface area (TPSA) is 140 Å². The zero-order valence-corrected chi connectivity index (χ0v) is 23.4. The number of hydrogen-bond acceptors (Lipinski definition) is 5. The quantitative estimate of drug-likeness (QED) is 0.355. The molecule has 0 radical (unpaired) electrons. The molecule has 0 spiro atoms. The molecule has 2 aromatic rings. The van der Waals surface area contributed by atoms with Crippen molar-refractivity contribution in [3.63, 3.8) is 0 Å². The van der Waals surface area contributed by atoms with Crippen LogP contribution < -0.4 is 16.0 Å². The maximum Gasteiger partial charge on any atom is 0.268 e. The van der Waals surface area contributed by atoms with Crippen molar-refractivity contribution in [3.8, 4) is 0 Å². The molecule has 10 heteroatoms. The summed E-state index contributed by atoms with van der Waals surface area (Å²) in [5, 5.41) is 9.31. The molecule has 1 aliphatic carbocycles. The first-order valence-corrected chi connectivity index (χ1v) is 13.9. The van der Waals surface area contributed by atoms with Gasteiger partial charge in [-0.1, -0.05) is 32.6 Å². The minimum Gasteiger partial charge on any atom is -0.356 e. The van der Waals surface area contributed by atoms with Gasteiger partial charge in [0.1, 0.15) is 17.8 Å². The normalized spacial score (nSPS) is 26.0. The van der Waals surface area contributed by atoms with Gasteiger partial charge in [0.05, 0.1) is 6.04 Å². The first-order chi connectivity index (χ1) is 18.9. The van der Waals surface area contributed by atoms with E-state index in [1.165, 1.54) is 4.90 Å². The number of carbonyl (C=O) groups is 5. The second-order valence-electron chi connectivity index (χ2n) is 12.0. The number of H-pyrrole nitrogens is 1. The number of benzene rings is 1. The van der Waals surface area contributed by atoms with Gasteiger partial charge in [-0.15, -0.1) is 0 Å². The fourth-order valence-electron chi connectivity index (χ4n) is 6.63. The van der Waals surface area contributed by atoms with Gasteiger partial charge in [-0.25, -0.2) is 0 Å². The number of fused-ring (bicyclic) bond motifs is 2. The number of nitrogens with zero attached hydrogens (tertiary/aromatic N) is 1. The molecule has 10 nitrogen and oxygen atoms in total. The highest BCUT2D eigenvalue weighted by atomic mass is 16.2. The Morgan fingerprint density at radius 3 is 2.62 bits per heavy atom. The molecule has 2 saturated heterocycles. The lowest BCUT2D eigenvalue weighted by Gasteiger charge is -2.33. The summed E-state index contributed by atoms with van der Waals surface area (Å²) in [6.07, 6.45) is 1.92. The molecule has 1 aromatic carbocycles. The number of amides is 4. The molecule has 212 valence electrons. The van der Waals surface area contributed by atoms with Crippen molar-refractivity contribution >= 4 is 40.3 Å². The molecule has 6 atom stereocenters. The van der Waals surface area contributed by atoms with Gasteiger partial charge in [0, 0.05) is 29.9 Å². The second-order valence-corrected chi connectivity index (χ2v) is 12.0. The molecule has 1 aromatic heterocycles. The summed E-state index contributed by atoms with van der Waals surface area (Å²) in [4.78, 5) is 69.7. The van der Waals surface area contributed by atoms with Gasteiger partial charge in [0.25, 0.3) is 5.91 Å². The van der Waals surface area contributed by atoms with Gasteiger partial charge >= 0.3 is 0 Å². The Morgan fingerprint density at radius 2 is 1.98 bits per heavy atom. The third-order valence-electron chi connectivity index (χ3n) is 9.15. The number of rotatable bonds is 9. The number of piperidine rings is 1. The minimum absolute atomic E-state index is 0.0645. The number of carbonyl (C=O) groups excluding carboxylic acids is 5. The van der Waals surface area contributed by atoms with E-state index in [4.69, 9.17) is 0 Å². The van der Waals surface area contributed by atoms with Crippen LogP contribution in [0.4, 0.5) is 0 Å². The molecule has 3 aliphatic rings. The Morgan fingerprint density at radius 1 is 1.23 bits per heavy atom. The summed E-state index contributed by atoms with van der Waals surface area (Å²) >= 11 is 0. The molecule has 3 fully saturated rings. The van der Waals surface area contributed by atoms with E-state index in [1.54, 1.807) is 13.0 Å². The number of aromatic nitrogens is 1. The minimum atomic E-state index is -0.903. The molecule has 3 heterocycles. The van der Waals surface area contributed by atoms with E-state index < -0.39 is 29.9 Å². The summed E-state index contributed by atoms with van der Waals surface area (Å²) < 4.78 is 0. The van der Waals surface area contributed by atoms with E-state index in [-0.39, 0.29) is 47.2 Å². The number of aromatic amines is 1. The van der Waals surface area contributed by atoms with Crippen LogP contribution >= 0.6 is 0 Å². The number of likely N-dealkylation sites (tertiary alicyclic amines) is 1. The predicted octanol–water partition coefficient (Wildman–Crippen LogP) is 1.84. The molecule has 1 saturated carbocycles. The van der Waals surface area contributed by atoms with Crippen LogP contribution in [0, 0.1) is 30.1 Å². The lowest BCUT2D eigenvalue weighted by atomic mass is 9.94. The average Bonchev–Trinajstić information content (AvgIpc) is 3.43. The van der Waals surface area contributed by atoms with Gasteiger partial charge < -0.3 is 25.8 Å². The van der Waals surface area contributed by atoms with Crippen LogP contribution in [-0.2, 0) is 19.2 Å². The van der Waals surface area contributed by atoms with E-state index in [9.17, 15) is 24.0 Å². The average molecular weight is 548 g/mol. The van der Waals surface area contributed by atoms with Crippen molar-refractivity contribution in [1.29, 1.82) is 0 Å². The summed E-state index contributed by atoms with van der Waals surface area (Å²) in [5.41, 5.74) is 2.09. The fourth-order valence-corrected chi connectivity index (χ4v) is 6.63. The van der Waals surface area contributed by atoms with Crippen molar-refractivity contribution in [3.05, 3.63) is 48.2 Å². The number of ketones is 1. The van der Waals surface area contributed by atoms with Crippen LogP contribution in [0.25, 0.3) is 10.9 Å². The highest BCUT2D eigenvalue weighted by Crippen LogP contribution is 2.64. The lowest BCUT2D eigenvalue weighted by Crippen LogP contribution is -2.57. The molecule has 2 aliphatic heterocycles. The Bertz CT molecular complexity index is 1410. The van der Waals surface area contributed by atoms with Crippen LogP contribution in [0.3, 0.4) is 0 Å². The molecule has 4 amide bonds. The monoisotopic (exact) mass is 547 g/mol. The highest BCUT2D eigenvalue weighted by molar-refractivity contribution is 6.02. The van der Waals surface area contributed by atoms with Crippen molar-refractivity contribution < 1.29 is 24.0 Å². The van der Waals surface area contributed by atoms with Gasteiger partial charge in [-0.2, -0.15) is 0 Å². The van der Waals surface area contributed by atoms with Crippen molar-refractivity contribution in [1.82, 2.24) is 25.8 Å². The molecule has 0 bridgehead atoms. The van der Waals surface area contributed by atoms with Gasteiger partial charge in [-0.05, 0) is 67.7 Å². The van der Waals surface area contributed by atoms with Gasteiger partial charge in [0.15, 0.2) is 5.78 Å². The zero-order chi connectivity index (χ0) is 28.9. The van der Waals surface area contributed by atoms with Crippen LogP contribution in [0.5, 0.6) is 0 Å². The van der Waals surface area contributed by atoms with E-state index >= 15 is 0 Å². The standard InChI is InChI=1S/C30H37N5O5/c1-6-23(36)21(12-17-10-11-31-26(17)37)34-28(39)25-24-19(30(24,4)5)14-35(25)29(40)16(3)32-27(38)22-13-18-15(2)8-7-9-20(18)33-22/h6-9,13,16-17,19,21,24-25,33H,1,10-12,14H2,2-5H3,(H,31,37)(H,32,38)(H,34,39)/t16-,17-,19-,21-,24-,25-/m0/s1. The van der Waals surface area contributed by atoms with Crippen molar-refractivity contribution in [2.45, 2.75) is 58.7 Å². The van der Waals surface area contributed by atoms with E-state index in [1.807, 2.05) is 25.1 Å². The maximum absolute atomic E-state index is 13.7. The third kappa shape index (κ3) is 4.80. The summed E-state index contributed by atoms with van der Waals surface area (Å²) in [6, 6.07) is 4.97. The van der Waals surface area contributed by atoms with E-state index in [2.05, 4.69) is 41.4 Å². The molecule has 5 rings (SSSR count). The summed E-state index contributed by atoms with van der Waals surface area (Å²) in [5.74, 6) is -1.99.